The highest BCUT2D eigenvalue weighted by Crippen LogP contribution is 2.34. The van der Waals surface area contributed by atoms with Gasteiger partial charge < -0.3 is 15.0 Å². The fraction of sp³-hybridized carbons (Fsp3) is 0.182. The molecule has 5 rings (SSSR count). The van der Waals surface area contributed by atoms with E-state index >= 15 is 0 Å². The summed E-state index contributed by atoms with van der Waals surface area (Å²) in [6.45, 7) is 0.901. The molecule has 6 nitrogen and oxygen atoms in total. The van der Waals surface area contributed by atoms with Crippen molar-refractivity contribution in [3.8, 4) is 22.7 Å². The van der Waals surface area contributed by atoms with Crippen molar-refractivity contribution < 1.29 is 4.74 Å². The van der Waals surface area contributed by atoms with Gasteiger partial charge in [0.25, 0.3) is 0 Å². The van der Waals surface area contributed by atoms with Crippen LogP contribution < -0.4 is 10.1 Å². The summed E-state index contributed by atoms with van der Waals surface area (Å²) in [5, 5.41) is 8.55. The standard InChI is InChI=1S/C22H21N5O/c1-28-17-9-7-15(8-10-17)20-18(13-27(26-20)16-5-3-2-4-6-16)21-22-19(11-12-23-21)24-14-25-22/h2-10,13-14,21,23H,11-12H2,1H3,(H,24,25). The van der Waals surface area contributed by atoms with Crippen LogP contribution in [0.1, 0.15) is 23.0 Å². The van der Waals surface area contributed by atoms with Crippen molar-refractivity contribution in [2.24, 2.45) is 0 Å². The minimum atomic E-state index is 0.00423. The molecule has 2 N–H and O–H groups in total. The number of imidazole rings is 1. The molecule has 28 heavy (non-hydrogen) atoms. The molecule has 0 spiro atoms. The molecular formula is C22H21N5O. The highest BCUT2D eigenvalue weighted by Gasteiger charge is 2.28. The van der Waals surface area contributed by atoms with Gasteiger partial charge in [-0.3, -0.25) is 0 Å². The maximum absolute atomic E-state index is 5.31. The van der Waals surface area contributed by atoms with E-state index in [1.165, 1.54) is 5.69 Å². The predicted molar refractivity (Wildman–Crippen MR) is 108 cm³/mol. The average Bonchev–Trinajstić information content (AvgIpc) is 3.42. The zero-order chi connectivity index (χ0) is 18.9. The number of fused-ring (bicyclic) bond motifs is 1. The molecule has 2 aromatic heterocycles. The number of hydrogen-bond donors (Lipinski definition) is 2. The highest BCUT2D eigenvalue weighted by atomic mass is 16.5. The van der Waals surface area contributed by atoms with Crippen LogP contribution in [0.2, 0.25) is 0 Å². The van der Waals surface area contributed by atoms with Crippen LogP contribution in [-0.4, -0.2) is 33.4 Å². The van der Waals surface area contributed by atoms with Crippen molar-refractivity contribution in [2.75, 3.05) is 13.7 Å². The van der Waals surface area contributed by atoms with Gasteiger partial charge in [0.05, 0.1) is 36.6 Å². The van der Waals surface area contributed by atoms with Crippen molar-refractivity contribution >= 4 is 0 Å². The first kappa shape index (κ1) is 16.8. The smallest absolute Gasteiger partial charge is 0.118 e. The van der Waals surface area contributed by atoms with Gasteiger partial charge in [0, 0.05) is 36.0 Å². The third kappa shape index (κ3) is 2.88. The first-order chi connectivity index (χ1) is 13.8. The van der Waals surface area contributed by atoms with Crippen LogP contribution in [0.15, 0.2) is 67.1 Å². The summed E-state index contributed by atoms with van der Waals surface area (Å²) in [5.41, 5.74) is 6.38. The number of hydrogen-bond acceptors (Lipinski definition) is 4. The summed E-state index contributed by atoms with van der Waals surface area (Å²) in [4.78, 5) is 7.86. The Bertz CT molecular complexity index is 1080. The molecule has 6 heteroatoms. The molecule has 1 aliphatic rings. The number of nitrogens with one attached hydrogen (secondary N) is 2. The quantitative estimate of drug-likeness (QED) is 0.576. The van der Waals surface area contributed by atoms with Crippen LogP contribution in [0.3, 0.4) is 0 Å². The summed E-state index contributed by atoms with van der Waals surface area (Å²) in [6.07, 6.45) is 4.84. The van der Waals surface area contributed by atoms with Gasteiger partial charge in [0.2, 0.25) is 0 Å². The van der Waals surface area contributed by atoms with Gasteiger partial charge in [0.15, 0.2) is 0 Å². The van der Waals surface area contributed by atoms with Crippen LogP contribution in [0.4, 0.5) is 0 Å². The Morgan fingerprint density at radius 3 is 2.68 bits per heavy atom. The van der Waals surface area contributed by atoms with E-state index < -0.39 is 0 Å². The van der Waals surface area contributed by atoms with E-state index in [0.29, 0.717) is 0 Å². The zero-order valence-corrected chi connectivity index (χ0v) is 15.6. The van der Waals surface area contributed by atoms with Crippen LogP contribution in [-0.2, 0) is 6.42 Å². The van der Waals surface area contributed by atoms with E-state index in [9.17, 15) is 0 Å². The lowest BCUT2D eigenvalue weighted by Gasteiger charge is -2.23. The molecule has 3 heterocycles. The van der Waals surface area contributed by atoms with Crippen LogP contribution in [0.5, 0.6) is 5.75 Å². The van der Waals surface area contributed by atoms with Crippen LogP contribution in [0.25, 0.3) is 16.9 Å². The van der Waals surface area contributed by atoms with E-state index in [4.69, 9.17) is 9.84 Å². The number of aromatic amines is 1. The molecule has 0 saturated carbocycles. The molecule has 0 amide bonds. The maximum atomic E-state index is 5.31. The lowest BCUT2D eigenvalue weighted by Crippen LogP contribution is -2.30. The molecule has 0 radical (unpaired) electrons. The summed E-state index contributed by atoms with van der Waals surface area (Å²) in [6, 6.07) is 18.2. The Labute approximate surface area is 163 Å². The predicted octanol–water partition coefficient (Wildman–Crippen LogP) is 3.51. The Balaban J connectivity index is 1.66. The molecule has 1 atom stereocenters. The Morgan fingerprint density at radius 1 is 1.07 bits per heavy atom. The second kappa shape index (κ2) is 6.98. The molecule has 4 aromatic rings. The Morgan fingerprint density at radius 2 is 1.89 bits per heavy atom. The number of aromatic nitrogens is 4. The molecule has 1 unspecified atom stereocenters. The number of ether oxygens (including phenoxy) is 1. The van der Waals surface area contributed by atoms with Crippen molar-refractivity contribution in [1.29, 1.82) is 0 Å². The zero-order valence-electron chi connectivity index (χ0n) is 15.6. The van der Waals surface area contributed by atoms with Gasteiger partial charge in [-0.1, -0.05) is 18.2 Å². The molecule has 1 aliphatic heterocycles. The fourth-order valence-corrected chi connectivity index (χ4v) is 3.76. The highest BCUT2D eigenvalue weighted by molar-refractivity contribution is 5.66. The number of benzene rings is 2. The van der Waals surface area contributed by atoms with Crippen molar-refractivity contribution in [2.45, 2.75) is 12.5 Å². The van der Waals surface area contributed by atoms with Crippen molar-refractivity contribution in [3.05, 3.63) is 84.1 Å². The van der Waals surface area contributed by atoms with E-state index in [-0.39, 0.29) is 6.04 Å². The molecule has 0 fully saturated rings. The molecule has 0 bridgehead atoms. The number of nitrogens with zero attached hydrogens (tertiary/aromatic N) is 3. The number of H-pyrrole nitrogens is 1. The van der Waals surface area contributed by atoms with E-state index in [0.717, 1.165) is 46.9 Å². The third-order valence-electron chi connectivity index (χ3n) is 5.19. The number of rotatable bonds is 4. The van der Waals surface area contributed by atoms with Gasteiger partial charge in [-0.15, -0.1) is 0 Å². The van der Waals surface area contributed by atoms with Gasteiger partial charge in [-0.05, 0) is 36.4 Å². The molecule has 0 saturated heterocycles. The fourth-order valence-electron chi connectivity index (χ4n) is 3.76. The third-order valence-corrected chi connectivity index (χ3v) is 5.19. The molecule has 0 aliphatic carbocycles. The summed E-state index contributed by atoms with van der Waals surface area (Å²) in [5.74, 6) is 0.832. The first-order valence-electron chi connectivity index (χ1n) is 9.38. The number of methoxy groups -OCH3 is 1. The van der Waals surface area contributed by atoms with Gasteiger partial charge in [-0.25, -0.2) is 9.67 Å². The van der Waals surface area contributed by atoms with Gasteiger partial charge in [0.1, 0.15) is 5.75 Å². The average molecular weight is 371 g/mol. The van der Waals surface area contributed by atoms with Gasteiger partial charge >= 0.3 is 0 Å². The lowest BCUT2D eigenvalue weighted by atomic mass is 9.96. The molecule has 2 aromatic carbocycles. The van der Waals surface area contributed by atoms with Crippen molar-refractivity contribution in [3.63, 3.8) is 0 Å². The largest absolute Gasteiger partial charge is 0.497 e. The number of para-hydroxylation sites is 1. The SMILES string of the molecule is COc1ccc(-c2nn(-c3ccccc3)cc2C2NCCc3[nH]cnc32)cc1. The van der Waals surface area contributed by atoms with E-state index in [1.54, 1.807) is 13.4 Å². The minimum Gasteiger partial charge on any atom is -0.497 e. The van der Waals surface area contributed by atoms with Crippen LogP contribution >= 0.6 is 0 Å². The minimum absolute atomic E-state index is 0.00423. The lowest BCUT2D eigenvalue weighted by molar-refractivity contribution is 0.415. The normalized spacial score (nSPS) is 16.0. The summed E-state index contributed by atoms with van der Waals surface area (Å²) >= 11 is 0. The maximum Gasteiger partial charge on any atom is 0.118 e. The monoisotopic (exact) mass is 371 g/mol. The van der Waals surface area contributed by atoms with Crippen LogP contribution in [0, 0.1) is 0 Å². The topological polar surface area (TPSA) is 67.8 Å². The second-order valence-corrected chi connectivity index (χ2v) is 6.85. The molecular weight excluding hydrogens is 350 g/mol. The first-order valence-corrected chi connectivity index (χ1v) is 9.38. The van der Waals surface area contributed by atoms with Gasteiger partial charge in [-0.2, -0.15) is 5.10 Å². The second-order valence-electron chi connectivity index (χ2n) is 6.85. The Kier molecular flexibility index (Phi) is 4.18. The van der Waals surface area contributed by atoms with E-state index in [1.807, 2.05) is 47.1 Å². The Hall–Kier alpha value is -3.38. The molecule has 140 valence electrons. The van der Waals surface area contributed by atoms with E-state index in [2.05, 4.69) is 33.6 Å². The van der Waals surface area contributed by atoms with Crippen molar-refractivity contribution in [1.82, 2.24) is 25.1 Å². The summed E-state index contributed by atoms with van der Waals surface area (Å²) in [7, 11) is 1.68. The summed E-state index contributed by atoms with van der Waals surface area (Å²) < 4.78 is 7.25.